The first-order valence-electron chi connectivity index (χ1n) is 13.8. The number of aromatic nitrogens is 2. The summed E-state index contributed by atoms with van der Waals surface area (Å²) < 4.78 is 21.1. The minimum Gasteiger partial charge on any atom is -0.494 e. The van der Waals surface area contributed by atoms with Crippen LogP contribution in [0.2, 0.25) is 0 Å². The first-order chi connectivity index (χ1) is 18.6. The number of carbonyl (C=O) groups is 1. The molecule has 202 valence electrons. The lowest BCUT2D eigenvalue weighted by Gasteiger charge is -2.29. The molecule has 1 aliphatic carbocycles. The van der Waals surface area contributed by atoms with E-state index >= 15 is 0 Å². The third-order valence-electron chi connectivity index (χ3n) is 7.79. The molecule has 8 heteroatoms. The number of hydrogen-bond donors (Lipinski definition) is 1. The first kappa shape index (κ1) is 26.2. The maximum absolute atomic E-state index is 13.4. The minimum atomic E-state index is -0.221. The molecule has 2 amide bonds. The van der Waals surface area contributed by atoms with Crippen LogP contribution >= 0.6 is 0 Å². The SMILES string of the molecule is CCN(Cc1nn(-c2ccccc2OC)c2c1CN(Cc1ccc(F)cc1)CC2)C(=O)NC1CCCCC1. The number of halogens is 1. The summed E-state index contributed by atoms with van der Waals surface area (Å²) >= 11 is 0. The molecule has 2 aromatic carbocycles. The summed E-state index contributed by atoms with van der Waals surface area (Å²) in [5.41, 5.74) is 5.21. The van der Waals surface area contributed by atoms with Gasteiger partial charge in [0.2, 0.25) is 0 Å². The Bertz CT molecular complexity index is 1240. The summed E-state index contributed by atoms with van der Waals surface area (Å²) in [5, 5.41) is 8.34. The van der Waals surface area contributed by atoms with Crippen LogP contribution in [0.3, 0.4) is 0 Å². The second kappa shape index (κ2) is 12.0. The lowest BCUT2D eigenvalue weighted by atomic mass is 9.96. The van der Waals surface area contributed by atoms with Gasteiger partial charge in [-0.25, -0.2) is 13.9 Å². The van der Waals surface area contributed by atoms with Crippen LogP contribution in [0.5, 0.6) is 5.75 Å². The molecular weight excluding hydrogens is 481 g/mol. The number of urea groups is 1. The van der Waals surface area contributed by atoms with E-state index in [1.54, 1.807) is 7.11 Å². The quantitative estimate of drug-likeness (QED) is 0.430. The Morgan fingerprint density at radius 3 is 2.63 bits per heavy atom. The Balaban J connectivity index is 1.42. The Morgan fingerprint density at radius 2 is 1.89 bits per heavy atom. The zero-order valence-corrected chi connectivity index (χ0v) is 22.5. The first-order valence-corrected chi connectivity index (χ1v) is 13.8. The van der Waals surface area contributed by atoms with Gasteiger partial charge in [-0.3, -0.25) is 4.90 Å². The molecule has 3 aromatic rings. The van der Waals surface area contributed by atoms with E-state index in [9.17, 15) is 9.18 Å². The van der Waals surface area contributed by atoms with Crippen molar-refractivity contribution in [1.82, 2.24) is 24.9 Å². The molecule has 1 saturated carbocycles. The molecular formula is C30H38FN5O2. The second-order valence-electron chi connectivity index (χ2n) is 10.3. The lowest BCUT2D eigenvalue weighted by Crippen LogP contribution is -2.45. The molecule has 0 atom stereocenters. The fraction of sp³-hybridized carbons (Fsp3) is 0.467. The number of ether oxygens (including phenoxy) is 1. The molecule has 5 rings (SSSR count). The molecule has 0 bridgehead atoms. The molecule has 1 fully saturated rings. The van der Waals surface area contributed by atoms with Gasteiger partial charge in [-0.1, -0.05) is 43.5 Å². The summed E-state index contributed by atoms with van der Waals surface area (Å²) in [6.45, 7) is 5.39. The predicted octanol–water partition coefficient (Wildman–Crippen LogP) is 5.44. The number of amides is 2. The Labute approximate surface area is 224 Å². The van der Waals surface area contributed by atoms with Gasteiger partial charge in [0.05, 0.1) is 25.0 Å². The van der Waals surface area contributed by atoms with Crippen LogP contribution in [0.4, 0.5) is 9.18 Å². The third-order valence-corrected chi connectivity index (χ3v) is 7.79. The number of nitrogens with zero attached hydrogens (tertiary/aromatic N) is 4. The van der Waals surface area contributed by atoms with Gasteiger partial charge < -0.3 is 15.0 Å². The fourth-order valence-corrected chi connectivity index (χ4v) is 5.68. The number of benzene rings is 2. The van der Waals surface area contributed by atoms with E-state index < -0.39 is 0 Å². The molecule has 0 saturated heterocycles. The van der Waals surface area contributed by atoms with E-state index in [1.807, 2.05) is 52.9 Å². The Hall–Kier alpha value is -3.39. The highest BCUT2D eigenvalue weighted by Crippen LogP contribution is 2.31. The molecule has 1 aliphatic heterocycles. The monoisotopic (exact) mass is 519 g/mol. The van der Waals surface area contributed by atoms with Crippen LogP contribution in [0.25, 0.3) is 5.69 Å². The van der Waals surface area contributed by atoms with Gasteiger partial charge in [-0.05, 0) is 49.6 Å². The molecule has 0 radical (unpaired) electrons. The van der Waals surface area contributed by atoms with Crippen molar-refractivity contribution >= 4 is 6.03 Å². The smallest absolute Gasteiger partial charge is 0.317 e. The van der Waals surface area contributed by atoms with Crippen LogP contribution in [0, 0.1) is 5.82 Å². The highest BCUT2D eigenvalue weighted by molar-refractivity contribution is 5.74. The summed E-state index contributed by atoms with van der Waals surface area (Å²) in [6, 6.07) is 14.9. The van der Waals surface area contributed by atoms with Gasteiger partial charge in [-0.2, -0.15) is 5.10 Å². The van der Waals surface area contributed by atoms with Crippen molar-refractivity contribution in [2.24, 2.45) is 0 Å². The molecule has 0 spiro atoms. The van der Waals surface area contributed by atoms with E-state index in [4.69, 9.17) is 9.84 Å². The minimum absolute atomic E-state index is 0.0148. The van der Waals surface area contributed by atoms with E-state index in [0.717, 1.165) is 72.8 Å². The maximum atomic E-state index is 13.4. The van der Waals surface area contributed by atoms with E-state index in [0.29, 0.717) is 13.1 Å². The number of hydrogen-bond acceptors (Lipinski definition) is 4. The summed E-state index contributed by atoms with van der Waals surface area (Å²) in [7, 11) is 1.68. The number of nitrogens with one attached hydrogen (secondary N) is 1. The van der Waals surface area contributed by atoms with Crippen LogP contribution in [0.1, 0.15) is 61.5 Å². The topological polar surface area (TPSA) is 62.6 Å². The van der Waals surface area contributed by atoms with Crippen LogP contribution < -0.4 is 10.1 Å². The number of methoxy groups -OCH3 is 1. The average molecular weight is 520 g/mol. The molecule has 1 N–H and O–H groups in total. The van der Waals surface area contributed by atoms with Gasteiger partial charge in [0.15, 0.2) is 0 Å². The number of para-hydroxylation sites is 2. The second-order valence-corrected chi connectivity index (χ2v) is 10.3. The maximum Gasteiger partial charge on any atom is 0.317 e. The largest absolute Gasteiger partial charge is 0.494 e. The Morgan fingerprint density at radius 1 is 1.13 bits per heavy atom. The van der Waals surface area contributed by atoms with Gasteiger partial charge in [0.1, 0.15) is 17.3 Å². The summed E-state index contributed by atoms with van der Waals surface area (Å²) in [6.07, 6.45) is 6.54. The van der Waals surface area contributed by atoms with Gasteiger partial charge >= 0.3 is 6.03 Å². The van der Waals surface area contributed by atoms with Crippen molar-refractivity contribution in [2.45, 2.75) is 71.1 Å². The summed E-state index contributed by atoms with van der Waals surface area (Å²) in [4.78, 5) is 17.5. The lowest BCUT2D eigenvalue weighted by molar-refractivity contribution is 0.188. The summed E-state index contributed by atoms with van der Waals surface area (Å²) in [5.74, 6) is 0.543. The third kappa shape index (κ3) is 5.85. The molecule has 0 unspecified atom stereocenters. The Kier molecular flexibility index (Phi) is 8.27. The van der Waals surface area contributed by atoms with Crippen molar-refractivity contribution in [3.05, 3.63) is 76.9 Å². The van der Waals surface area contributed by atoms with Gasteiger partial charge in [-0.15, -0.1) is 0 Å². The van der Waals surface area contributed by atoms with E-state index in [1.165, 1.54) is 31.4 Å². The van der Waals surface area contributed by atoms with Crippen molar-refractivity contribution in [3.8, 4) is 11.4 Å². The number of fused-ring (bicyclic) bond motifs is 1. The highest BCUT2D eigenvalue weighted by atomic mass is 19.1. The highest BCUT2D eigenvalue weighted by Gasteiger charge is 2.28. The average Bonchev–Trinajstić information content (AvgIpc) is 3.30. The van der Waals surface area contributed by atoms with Gasteiger partial charge in [0, 0.05) is 44.2 Å². The zero-order chi connectivity index (χ0) is 26.5. The standard InChI is InChI=1S/C30H38FN5O2/c1-3-35(30(37)32-24-9-5-4-6-10-24)21-26-25-20-34(19-22-13-15-23(31)16-14-22)18-17-27(25)36(33-26)28-11-7-8-12-29(28)38-2/h7-8,11-16,24H,3-6,9-10,17-21H2,1-2H3,(H,32,37). The molecule has 38 heavy (non-hydrogen) atoms. The van der Waals surface area contributed by atoms with Crippen molar-refractivity contribution in [3.63, 3.8) is 0 Å². The molecule has 2 heterocycles. The normalized spacial score (nSPS) is 16.2. The van der Waals surface area contributed by atoms with E-state index in [-0.39, 0.29) is 17.9 Å². The fourth-order valence-electron chi connectivity index (χ4n) is 5.68. The number of carbonyl (C=O) groups excluding carboxylic acids is 1. The molecule has 7 nitrogen and oxygen atoms in total. The molecule has 1 aromatic heterocycles. The van der Waals surface area contributed by atoms with Gasteiger partial charge in [0.25, 0.3) is 0 Å². The van der Waals surface area contributed by atoms with Crippen molar-refractivity contribution < 1.29 is 13.9 Å². The van der Waals surface area contributed by atoms with Crippen molar-refractivity contribution in [1.29, 1.82) is 0 Å². The van der Waals surface area contributed by atoms with Crippen LogP contribution in [0.15, 0.2) is 48.5 Å². The van der Waals surface area contributed by atoms with Crippen molar-refractivity contribution in [2.75, 3.05) is 20.2 Å². The van der Waals surface area contributed by atoms with E-state index in [2.05, 4.69) is 10.2 Å². The predicted molar refractivity (Wildman–Crippen MR) is 146 cm³/mol. The molecule has 2 aliphatic rings. The zero-order valence-electron chi connectivity index (χ0n) is 22.5. The van der Waals surface area contributed by atoms with Crippen LogP contribution in [-0.4, -0.2) is 51.9 Å². The van der Waals surface area contributed by atoms with Crippen LogP contribution in [-0.2, 0) is 26.1 Å². The number of rotatable bonds is 8.